The first-order chi connectivity index (χ1) is 9.01. The van der Waals surface area contributed by atoms with Crippen molar-refractivity contribution in [1.82, 2.24) is 0 Å². The number of rotatable bonds is 3. The molecule has 0 amide bonds. The van der Waals surface area contributed by atoms with Crippen molar-refractivity contribution < 1.29 is 9.13 Å². The third-order valence-corrected chi connectivity index (χ3v) is 3.07. The van der Waals surface area contributed by atoms with Gasteiger partial charge in [0.15, 0.2) is 5.82 Å². The van der Waals surface area contributed by atoms with Gasteiger partial charge in [0, 0.05) is 11.8 Å². The molecule has 19 heavy (non-hydrogen) atoms. The fourth-order valence-electron chi connectivity index (χ4n) is 1.55. The van der Waals surface area contributed by atoms with Crippen LogP contribution in [0, 0.1) is 5.82 Å². The maximum atomic E-state index is 13.3. The Hall–Kier alpha value is -1.65. The van der Waals surface area contributed by atoms with Gasteiger partial charge in [-0.25, -0.2) is 4.39 Å². The van der Waals surface area contributed by atoms with Crippen molar-refractivity contribution in [2.45, 2.75) is 0 Å². The van der Waals surface area contributed by atoms with Gasteiger partial charge < -0.3 is 15.8 Å². The quantitative estimate of drug-likeness (QED) is 0.649. The molecule has 0 aliphatic heterocycles. The van der Waals surface area contributed by atoms with Crippen molar-refractivity contribution in [2.24, 2.45) is 0 Å². The molecule has 0 atom stereocenters. The number of halogens is 3. The normalized spacial score (nSPS) is 10.3. The van der Waals surface area contributed by atoms with Crippen LogP contribution in [0.15, 0.2) is 30.3 Å². The minimum atomic E-state index is -0.646. The Kier molecular flexibility index (Phi) is 4.02. The topological polar surface area (TPSA) is 47.3 Å². The molecule has 0 spiro atoms. The van der Waals surface area contributed by atoms with Gasteiger partial charge >= 0.3 is 0 Å². The van der Waals surface area contributed by atoms with E-state index in [2.05, 4.69) is 5.32 Å². The molecule has 2 aromatic rings. The highest BCUT2D eigenvalue weighted by atomic mass is 35.5. The first-order valence-electron chi connectivity index (χ1n) is 5.36. The fourth-order valence-corrected chi connectivity index (χ4v) is 2.04. The van der Waals surface area contributed by atoms with Gasteiger partial charge in [-0.15, -0.1) is 0 Å². The van der Waals surface area contributed by atoms with Crippen LogP contribution in [0.1, 0.15) is 0 Å². The van der Waals surface area contributed by atoms with Crippen molar-refractivity contribution >= 4 is 40.3 Å². The van der Waals surface area contributed by atoms with Gasteiger partial charge in [0.05, 0.1) is 28.5 Å². The lowest BCUT2D eigenvalue weighted by Crippen LogP contribution is -1.97. The summed E-state index contributed by atoms with van der Waals surface area (Å²) in [6.45, 7) is 0. The molecular weight excluding hydrogens is 290 g/mol. The highest BCUT2D eigenvalue weighted by molar-refractivity contribution is 6.35. The van der Waals surface area contributed by atoms with E-state index < -0.39 is 5.82 Å². The number of nitrogen functional groups attached to an aromatic ring is 1. The van der Waals surface area contributed by atoms with E-state index in [1.807, 2.05) is 0 Å². The Bertz CT molecular complexity index is 597. The van der Waals surface area contributed by atoms with E-state index in [4.69, 9.17) is 33.7 Å². The maximum Gasteiger partial charge on any atom is 0.160 e. The van der Waals surface area contributed by atoms with Crippen LogP contribution in [0.2, 0.25) is 10.0 Å². The van der Waals surface area contributed by atoms with Crippen LogP contribution in [0.4, 0.5) is 21.5 Å². The van der Waals surface area contributed by atoms with E-state index in [9.17, 15) is 4.39 Å². The SMILES string of the molecule is COc1ccc(N)c(Nc2cc(Cl)c(F)c(Cl)c2)c1. The van der Waals surface area contributed by atoms with Crippen molar-refractivity contribution in [3.63, 3.8) is 0 Å². The smallest absolute Gasteiger partial charge is 0.160 e. The highest BCUT2D eigenvalue weighted by Gasteiger charge is 2.09. The van der Waals surface area contributed by atoms with Crippen LogP contribution >= 0.6 is 23.2 Å². The number of ether oxygens (including phenoxy) is 1. The zero-order valence-electron chi connectivity index (χ0n) is 10.0. The molecule has 0 bridgehead atoms. The van der Waals surface area contributed by atoms with Gasteiger partial charge in [0.1, 0.15) is 5.75 Å². The Balaban J connectivity index is 2.36. The first kappa shape index (κ1) is 13.8. The van der Waals surface area contributed by atoms with Gasteiger partial charge in [-0.05, 0) is 24.3 Å². The van der Waals surface area contributed by atoms with Crippen LogP contribution in [0.25, 0.3) is 0 Å². The van der Waals surface area contributed by atoms with Crippen LogP contribution in [0.5, 0.6) is 5.75 Å². The molecule has 100 valence electrons. The number of methoxy groups -OCH3 is 1. The molecule has 3 N–H and O–H groups in total. The summed E-state index contributed by atoms with van der Waals surface area (Å²) in [6.07, 6.45) is 0. The van der Waals surface area contributed by atoms with Crippen LogP contribution in [-0.4, -0.2) is 7.11 Å². The summed E-state index contributed by atoms with van der Waals surface area (Å²) in [6, 6.07) is 8.03. The second kappa shape index (κ2) is 5.55. The van der Waals surface area contributed by atoms with Crippen LogP contribution in [0.3, 0.4) is 0 Å². The van der Waals surface area contributed by atoms with Gasteiger partial charge in [0.25, 0.3) is 0 Å². The maximum absolute atomic E-state index is 13.3. The average Bonchev–Trinajstić information content (AvgIpc) is 2.38. The molecule has 6 heteroatoms. The van der Waals surface area contributed by atoms with E-state index >= 15 is 0 Å². The fraction of sp³-hybridized carbons (Fsp3) is 0.0769. The summed E-state index contributed by atoms with van der Waals surface area (Å²) >= 11 is 11.5. The third-order valence-electron chi connectivity index (χ3n) is 2.52. The predicted molar refractivity (Wildman–Crippen MR) is 77.1 cm³/mol. The number of anilines is 3. The molecule has 0 radical (unpaired) electrons. The summed E-state index contributed by atoms with van der Waals surface area (Å²) < 4.78 is 18.4. The molecule has 0 aliphatic carbocycles. The predicted octanol–water partition coefficient (Wildman–Crippen LogP) is 4.47. The lowest BCUT2D eigenvalue weighted by atomic mass is 10.2. The summed E-state index contributed by atoms with van der Waals surface area (Å²) in [4.78, 5) is 0. The highest BCUT2D eigenvalue weighted by Crippen LogP contribution is 2.32. The lowest BCUT2D eigenvalue weighted by Gasteiger charge is -2.12. The second-order valence-electron chi connectivity index (χ2n) is 3.83. The summed E-state index contributed by atoms with van der Waals surface area (Å²) in [5.41, 5.74) is 7.53. The van der Waals surface area contributed by atoms with E-state index in [1.54, 1.807) is 25.3 Å². The summed E-state index contributed by atoms with van der Waals surface area (Å²) in [7, 11) is 1.56. The largest absolute Gasteiger partial charge is 0.497 e. The number of hydrogen-bond donors (Lipinski definition) is 2. The van der Waals surface area contributed by atoms with E-state index in [-0.39, 0.29) is 10.0 Å². The van der Waals surface area contributed by atoms with E-state index in [1.165, 1.54) is 12.1 Å². The molecule has 3 nitrogen and oxygen atoms in total. The molecule has 0 saturated carbocycles. The number of benzene rings is 2. The van der Waals surface area contributed by atoms with Crippen molar-refractivity contribution in [3.05, 3.63) is 46.2 Å². The Labute approximate surface area is 120 Å². The third kappa shape index (κ3) is 3.03. The van der Waals surface area contributed by atoms with Crippen LogP contribution < -0.4 is 15.8 Å². The lowest BCUT2D eigenvalue weighted by molar-refractivity contribution is 0.415. The molecule has 0 heterocycles. The molecule has 0 fully saturated rings. The minimum absolute atomic E-state index is 0.0588. The summed E-state index contributed by atoms with van der Waals surface area (Å²) in [5.74, 6) is 0.00324. The number of hydrogen-bond acceptors (Lipinski definition) is 3. The van der Waals surface area contributed by atoms with Gasteiger partial charge in [0.2, 0.25) is 0 Å². The van der Waals surface area contributed by atoms with Gasteiger partial charge in [-0.2, -0.15) is 0 Å². The van der Waals surface area contributed by atoms with E-state index in [0.29, 0.717) is 22.8 Å². The molecule has 0 saturated heterocycles. The van der Waals surface area contributed by atoms with Crippen molar-refractivity contribution in [1.29, 1.82) is 0 Å². The monoisotopic (exact) mass is 300 g/mol. The molecule has 0 unspecified atom stereocenters. The Morgan fingerprint density at radius 3 is 2.37 bits per heavy atom. The van der Waals surface area contributed by atoms with Gasteiger partial charge in [-0.3, -0.25) is 0 Å². The second-order valence-corrected chi connectivity index (χ2v) is 4.65. The molecular formula is C13H11Cl2FN2O. The molecule has 0 aliphatic rings. The summed E-state index contributed by atoms with van der Waals surface area (Å²) in [5, 5.41) is 2.90. The minimum Gasteiger partial charge on any atom is -0.497 e. The van der Waals surface area contributed by atoms with Crippen molar-refractivity contribution in [3.8, 4) is 5.75 Å². The Morgan fingerprint density at radius 2 is 1.79 bits per heavy atom. The first-order valence-corrected chi connectivity index (χ1v) is 6.12. The Morgan fingerprint density at radius 1 is 1.16 bits per heavy atom. The van der Waals surface area contributed by atoms with Crippen LogP contribution in [-0.2, 0) is 0 Å². The van der Waals surface area contributed by atoms with Gasteiger partial charge in [-0.1, -0.05) is 23.2 Å². The molecule has 2 rings (SSSR count). The molecule has 2 aromatic carbocycles. The number of nitrogens with one attached hydrogen (secondary N) is 1. The zero-order valence-corrected chi connectivity index (χ0v) is 11.5. The zero-order chi connectivity index (χ0) is 14.0. The standard InChI is InChI=1S/C13H11Cl2FN2O/c1-19-8-2-3-11(17)12(6-8)18-7-4-9(14)13(16)10(15)5-7/h2-6,18H,17H2,1H3. The molecule has 0 aromatic heterocycles. The number of nitrogens with two attached hydrogens (primary N) is 1. The average molecular weight is 301 g/mol. The van der Waals surface area contributed by atoms with Crippen molar-refractivity contribution in [2.75, 3.05) is 18.2 Å². The van der Waals surface area contributed by atoms with E-state index in [0.717, 1.165) is 0 Å².